The maximum Gasteiger partial charge on any atom is 0.333 e. The Morgan fingerprint density at radius 2 is 2.11 bits per heavy atom. The number of hydrogen-bond donors (Lipinski definition) is 1. The zero-order valence-electron chi connectivity index (χ0n) is 11.7. The summed E-state index contributed by atoms with van der Waals surface area (Å²) in [6.45, 7) is 6.06. The summed E-state index contributed by atoms with van der Waals surface area (Å²) in [5.74, 6) is -1.02. The molecule has 19 heavy (non-hydrogen) atoms. The Kier molecular flexibility index (Phi) is 4.28. The van der Waals surface area contributed by atoms with Crippen LogP contribution in [0.1, 0.15) is 40.0 Å². The zero-order chi connectivity index (χ0) is 14.0. The van der Waals surface area contributed by atoms with Gasteiger partial charge in [0.2, 0.25) is 0 Å². The van der Waals surface area contributed by atoms with Gasteiger partial charge in [-0.25, -0.2) is 4.79 Å². The predicted octanol–water partition coefficient (Wildman–Crippen LogP) is 1.54. The lowest BCUT2D eigenvalue weighted by molar-refractivity contribution is -0.183. The van der Waals surface area contributed by atoms with Crippen LogP contribution in [0.5, 0.6) is 0 Å². The van der Waals surface area contributed by atoms with Crippen molar-refractivity contribution in [1.82, 2.24) is 0 Å². The number of carbonyl (C=O) groups excluding carboxylic acids is 1. The summed E-state index contributed by atoms with van der Waals surface area (Å²) in [5.41, 5.74) is 0.474. The van der Waals surface area contributed by atoms with E-state index in [4.69, 9.17) is 14.2 Å². The van der Waals surface area contributed by atoms with E-state index < -0.39 is 18.0 Å². The molecule has 0 aromatic carbocycles. The van der Waals surface area contributed by atoms with E-state index in [2.05, 4.69) is 0 Å². The number of rotatable bonds is 4. The van der Waals surface area contributed by atoms with Gasteiger partial charge >= 0.3 is 5.97 Å². The van der Waals surface area contributed by atoms with Crippen LogP contribution in [-0.2, 0) is 19.0 Å². The van der Waals surface area contributed by atoms with Crippen LogP contribution in [0.4, 0.5) is 0 Å². The summed E-state index contributed by atoms with van der Waals surface area (Å²) in [5, 5.41) is 10.1. The summed E-state index contributed by atoms with van der Waals surface area (Å²) in [6, 6.07) is 0. The van der Waals surface area contributed by atoms with E-state index in [0.29, 0.717) is 25.0 Å². The van der Waals surface area contributed by atoms with Crippen LogP contribution in [0.2, 0.25) is 0 Å². The third-order valence-electron chi connectivity index (χ3n) is 3.81. The van der Waals surface area contributed by atoms with Gasteiger partial charge < -0.3 is 19.3 Å². The maximum atomic E-state index is 11.7. The molecule has 5 heteroatoms. The molecule has 0 radical (unpaired) electrons. The lowest BCUT2D eigenvalue weighted by Crippen LogP contribution is -2.39. The molecule has 0 aromatic rings. The first-order valence-corrected chi connectivity index (χ1v) is 6.96. The first kappa shape index (κ1) is 14.5. The fraction of sp³-hybridized carbons (Fsp3) is 0.786. The summed E-state index contributed by atoms with van der Waals surface area (Å²) >= 11 is 0. The second-order valence-corrected chi connectivity index (χ2v) is 4.97. The summed E-state index contributed by atoms with van der Waals surface area (Å²) in [7, 11) is 0. The lowest BCUT2D eigenvalue weighted by atomic mass is 9.92. The van der Waals surface area contributed by atoms with E-state index in [-0.39, 0.29) is 18.5 Å². The van der Waals surface area contributed by atoms with Crippen molar-refractivity contribution in [3.8, 4) is 0 Å². The highest BCUT2D eigenvalue weighted by Crippen LogP contribution is 2.40. The van der Waals surface area contributed by atoms with E-state index in [9.17, 15) is 9.90 Å². The number of esters is 1. The highest BCUT2D eigenvalue weighted by molar-refractivity contribution is 5.88. The van der Waals surface area contributed by atoms with Crippen LogP contribution in [0.15, 0.2) is 11.6 Å². The topological polar surface area (TPSA) is 65.0 Å². The molecule has 1 fully saturated rings. The fourth-order valence-electron chi connectivity index (χ4n) is 2.65. The van der Waals surface area contributed by atoms with Crippen molar-refractivity contribution in [3.63, 3.8) is 0 Å². The average Bonchev–Trinajstić information content (AvgIpc) is 2.79. The van der Waals surface area contributed by atoms with Gasteiger partial charge in [0.1, 0.15) is 12.2 Å². The molecule has 108 valence electrons. The molecule has 2 aliphatic rings. The molecule has 1 heterocycles. The maximum absolute atomic E-state index is 11.7. The smallest absolute Gasteiger partial charge is 0.333 e. The number of hydrogen-bond acceptors (Lipinski definition) is 5. The quantitative estimate of drug-likeness (QED) is 0.785. The SMILES string of the molecule is CCOC(=O)C1=C[C@@H]2OC(CC)(CC)O[C@@H]2[C@H](O)C1. The zero-order valence-corrected chi connectivity index (χ0v) is 11.7. The van der Waals surface area contributed by atoms with Crippen molar-refractivity contribution >= 4 is 5.97 Å². The van der Waals surface area contributed by atoms with Crippen molar-refractivity contribution < 1.29 is 24.1 Å². The largest absolute Gasteiger partial charge is 0.463 e. The lowest BCUT2D eigenvalue weighted by Gasteiger charge is -2.27. The normalized spacial score (nSPS) is 32.6. The highest BCUT2D eigenvalue weighted by Gasteiger charge is 2.49. The predicted molar refractivity (Wildman–Crippen MR) is 68.4 cm³/mol. The van der Waals surface area contributed by atoms with E-state index >= 15 is 0 Å². The molecule has 3 atom stereocenters. The molecule has 0 amide bonds. The van der Waals surface area contributed by atoms with Gasteiger partial charge in [-0.1, -0.05) is 13.8 Å². The van der Waals surface area contributed by atoms with Gasteiger partial charge in [0, 0.05) is 12.0 Å². The molecule has 0 spiro atoms. The van der Waals surface area contributed by atoms with Gasteiger partial charge in [-0.2, -0.15) is 0 Å². The molecule has 0 unspecified atom stereocenters. The average molecular weight is 270 g/mol. The van der Waals surface area contributed by atoms with E-state index in [1.807, 2.05) is 13.8 Å². The van der Waals surface area contributed by atoms with E-state index in [1.165, 1.54) is 0 Å². The van der Waals surface area contributed by atoms with E-state index in [1.54, 1.807) is 13.0 Å². The van der Waals surface area contributed by atoms with Gasteiger partial charge in [0.15, 0.2) is 5.79 Å². The van der Waals surface area contributed by atoms with Gasteiger partial charge in [0.05, 0.1) is 12.7 Å². The first-order valence-electron chi connectivity index (χ1n) is 6.96. The van der Waals surface area contributed by atoms with Crippen molar-refractivity contribution in [1.29, 1.82) is 0 Å². The molecule has 5 nitrogen and oxygen atoms in total. The Hall–Kier alpha value is -0.910. The second kappa shape index (κ2) is 5.61. The molecule has 1 N–H and O–H groups in total. The minimum atomic E-state index is -0.727. The molecule has 1 saturated heterocycles. The third kappa shape index (κ3) is 2.68. The standard InChI is InChI=1S/C14H22O5/c1-4-14(5-2)18-11-8-9(13(16)17-6-3)7-10(15)12(11)19-14/h8,10-12,15H,4-7H2,1-3H3/t10-,11+,12-/m1/s1. The fourth-order valence-corrected chi connectivity index (χ4v) is 2.65. The Bertz CT molecular complexity index is 372. The Labute approximate surface area is 113 Å². The van der Waals surface area contributed by atoms with Crippen molar-refractivity contribution in [3.05, 3.63) is 11.6 Å². The van der Waals surface area contributed by atoms with Crippen molar-refractivity contribution in [2.24, 2.45) is 0 Å². The minimum absolute atomic E-state index is 0.257. The number of fused-ring (bicyclic) bond motifs is 1. The Morgan fingerprint density at radius 1 is 1.42 bits per heavy atom. The minimum Gasteiger partial charge on any atom is -0.463 e. The van der Waals surface area contributed by atoms with Crippen LogP contribution in [0.3, 0.4) is 0 Å². The molecule has 2 rings (SSSR count). The van der Waals surface area contributed by atoms with Crippen LogP contribution >= 0.6 is 0 Å². The van der Waals surface area contributed by atoms with E-state index in [0.717, 1.165) is 0 Å². The summed E-state index contributed by atoms with van der Waals surface area (Å²) < 4.78 is 16.8. The van der Waals surface area contributed by atoms with Crippen LogP contribution in [-0.4, -0.2) is 41.8 Å². The second-order valence-electron chi connectivity index (χ2n) is 4.97. The van der Waals surface area contributed by atoms with Crippen molar-refractivity contribution in [2.45, 2.75) is 64.1 Å². The van der Waals surface area contributed by atoms with Gasteiger partial charge in [0.25, 0.3) is 0 Å². The molecule has 0 bridgehead atoms. The third-order valence-corrected chi connectivity index (χ3v) is 3.81. The van der Waals surface area contributed by atoms with Crippen molar-refractivity contribution in [2.75, 3.05) is 6.61 Å². The highest BCUT2D eigenvalue weighted by atomic mass is 16.8. The molecule has 0 aromatic heterocycles. The Balaban J connectivity index is 2.17. The molecule has 0 saturated carbocycles. The number of aliphatic hydroxyl groups excluding tert-OH is 1. The summed E-state index contributed by atoms with van der Waals surface area (Å²) in [4.78, 5) is 11.7. The first-order chi connectivity index (χ1) is 9.05. The van der Waals surface area contributed by atoms with Gasteiger partial charge in [-0.15, -0.1) is 0 Å². The Morgan fingerprint density at radius 3 is 2.68 bits per heavy atom. The van der Waals surface area contributed by atoms with Crippen LogP contribution in [0, 0.1) is 0 Å². The molecule has 1 aliphatic carbocycles. The van der Waals surface area contributed by atoms with Gasteiger partial charge in [-0.3, -0.25) is 0 Å². The van der Waals surface area contributed by atoms with Crippen LogP contribution < -0.4 is 0 Å². The molecule has 1 aliphatic heterocycles. The molecular weight excluding hydrogens is 248 g/mol. The number of ether oxygens (including phenoxy) is 3. The van der Waals surface area contributed by atoms with Crippen LogP contribution in [0.25, 0.3) is 0 Å². The number of carbonyl (C=O) groups is 1. The summed E-state index contributed by atoms with van der Waals surface area (Å²) in [6.07, 6.45) is 1.93. The number of aliphatic hydroxyl groups is 1. The van der Waals surface area contributed by atoms with Gasteiger partial charge in [-0.05, 0) is 25.8 Å². The monoisotopic (exact) mass is 270 g/mol. The molecular formula is C14H22O5.